The summed E-state index contributed by atoms with van der Waals surface area (Å²) in [6.07, 6.45) is 1.74. The second-order valence-corrected chi connectivity index (χ2v) is 9.21. The third kappa shape index (κ3) is 4.64. The minimum Gasteiger partial charge on any atom is -0.366 e. The Bertz CT molecular complexity index is 1360. The summed E-state index contributed by atoms with van der Waals surface area (Å²) < 4.78 is 2.06. The van der Waals surface area contributed by atoms with Crippen LogP contribution in [0.1, 0.15) is 53.1 Å². The molecule has 2 aromatic heterocycles. The minimum atomic E-state index is -0.0512. The van der Waals surface area contributed by atoms with Gasteiger partial charge in [0.25, 0.3) is 5.91 Å². The van der Waals surface area contributed by atoms with Crippen LogP contribution in [0.25, 0.3) is 16.9 Å². The average molecular weight is 469 g/mol. The van der Waals surface area contributed by atoms with Crippen LogP contribution in [0.15, 0.2) is 54.6 Å². The van der Waals surface area contributed by atoms with Gasteiger partial charge in [-0.2, -0.15) is 4.98 Å². The Balaban J connectivity index is 1.57. The average Bonchev–Trinajstić information content (AvgIpc) is 3.23. The van der Waals surface area contributed by atoms with Gasteiger partial charge in [-0.3, -0.25) is 9.36 Å². The van der Waals surface area contributed by atoms with Crippen molar-refractivity contribution in [3.05, 3.63) is 82.7 Å². The number of nitrogens with one attached hydrogen (secondary N) is 3. The SMILES string of the molecule is CCC(C)NC(=O)c1cccc2c1cc(C)n2-c1nc2c(c(NCc3ccccc3)n1)CNCC2. The van der Waals surface area contributed by atoms with Crippen molar-refractivity contribution in [2.45, 2.75) is 52.7 Å². The van der Waals surface area contributed by atoms with Crippen LogP contribution in [0.2, 0.25) is 0 Å². The van der Waals surface area contributed by atoms with Gasteiger partial charge in [-0.05, 0) is 44.0 Å². The molecule has 7 heteroatoms. The number of hydrogen-bond acceptors (Lipinski definition) is 5. The molecule has 4 aromatic rings. The first-order valence-corrected chi connectivity index (χ1v) is 12.4. The lowest BCUT2D eigenvalue weighted by molar-refractivity contribution is 0.0941. The van der Waals surface area contributed by atoms with E-state index in [4.69, 9.17) is 9.97 Å². The molecule has 1 amide bonds. The van der Waals surface area contributed by atoms with Gasteiger partial charge >= 0.3 is 0 Å². The van der Waals surface area contributed by atoms with Crippen LogP contribution in [0.5, 0.6) is 0 Å². The maximum atomic E-state index is 13.0. The highest BCUT2D eigenvalue weighted by atomic mass is 16.1. The van der Waals surface area contributed by atoms with E-state index in [1.54, 1.807) is 0 Å². The van der Waals surface area contributed by atoms with E-state index in [0.717, 1.165) is 59.6 Å². The van der Waals surface area contributed by atoms with Crippen molar-refractivity contribution < 1.29 is 4.79 Å². The first-order valence-electron chi connectivity index (χ1n) is 12.4. The summed E-state index contributed by atoms with van der Waals surface area (Å²) >= 11 is 0. The number of rotatable bonds is 7. The van der Waals surface area contributed by atoms with E-state index in [0.29, 0.717) is 18.1 Å². The normalized spacial score (nSPS) is 13.9. The lowest BCUT2D eigenvalue weighted by Crippen LogP contribution is -2.31. The third-order valence-corrected chi connectivity index (χ3v) is 6.69. The summed E-state index contributed by atoms with van der Waals surface area (Å²) in [6.45, 7) is 8.46. The molecule has 0 saturated heterocycles. The number of anilines is 1. The van der Waals surface area contributed by atoms with Crippen molar-refractivity contribution in [3.63, 3.8) is 0 Å². The largest absolute Gasteiger partial charge is 0.366 e. The zero-order valence-electron chi connectivity index (χ0n) is 20.6. The lowest BCUT2D eigenvalue weighted by Gasteiger charge is -2.21. The van der Waals surface area contributed by atoms with E-state index in [1.165, 1.54) is 5.56 Å². The fourth-order valence-electron chi connectivity index (χ4n) is 4.59. The van der Waals surface area contributed by atoms with Gasteiger partial charge in [-0.1, -0.05) is 43.3 Å². The van der Waals surface area contributed by atoms with Crippen LogP contribution in [0.3, 0.4) is 0 Å². The molecule has 1 atom stereocenters. The van der Waals surface area contributed by atoms with E-state index < -0.39 is 0 Å². The van der Waals surface area contributed by atoms with Crippen molar-refractivity contribution in [2.75, 3.05) is 11.9 Å². The number of fused-ring (bicyclic) bond motifs is 2. The Morgan fingerprint density at radius 3 is 2.77 bits per heavy atom. The molecule has 1 unspecified atom stereocenters. The van der Waals surface area contributed by atoms with E-state index in [-0.39, 0.29) is 11.9 Å². The van der Waals surface area contributed by atoms with Gasteiger partial charge in [0.15, 0.2) is 0 Å². The Labute approximate surface area is 206 Å². The summed E-state index contributed by atoms with van der Waals surface area (Å²) in [6, 6.07) is 18.4. The second kappa shape index (κ2) is 9.88. The van der Waals surface area contributed by atoms with Crippen LogP contribution < -0.4 is 16.0 Å². The number of aromatic nitrogens is 3. The topological polar surface area (TPSA) is 83.9 Å². The van der Waals surface area contributed by atoms with Gasteiger partial charge in [0.05, 0.1) is 11.2 Å². The second-order valence-electron chi connectivity index (χ2n) is 9.21. The van der Waals surface area contributed by atoms with Crippen molar-refractivity contribution in [2.24, 2.45) is 0 Å². The lowest BCUT2D eigenvalue weighted by atomic mass is 10.1. The summed E-state index contributed by atoms with van der Waals surface area (Å²) in [7, 11) is 0. The van der Waals surface area contributed by atoms with Gasteiger partial charge in [0.1, 0.15) is 5.82 Å². The predicted octanol–water partition coefficient (Wildman–Crippen LogP) is 4.52. The fraction of sp³-hybridized carbons (Fsp3) is 0.321. The van der Waals surface area contributed by atoms with E-state index in [1.807, 2.05) is 50.2 Å². The van der Waals surface area contributed by atoms with Gasteiger partial charge in [-0.15, -0.1) is 0 Å². The fourth-order valence-corrected chi connectivity index (χ4v) is 4.59. The number of nitrogens with zero attached hydrogens (tertiary/aromatic N) is 3. The zero-order chi connectivity index (χ0) is 24.4. The smallest absolute Gasteiger partial charge is 0.252 e. The zero-order valence-corrected chi connectivity index (χ0v) is 20.6. The molecule has 2 aromatic carbocycles. The van der Waals surface area contributed by atoms with Crippen molar-refractivity contribution in [3.8, 4) is 5.95 Å². The number of carbonyl (C=O) groups excluding carboxylic acids is 1. The highest BCUT2D eigenvalue weighted by Crippen LogP contribution is 2.28. The molecule has 0 fully saturated rings. The molecule has 0 aliphatic carbocycles. The molecule has 1 aliphatic heterocycles. The van der Waals surface area contributed by atoms with E-state index >= 15 is 0 Å². The van der Waals surface area contributed by atoms with Crippen LogP contribution in [-0.2, 0) is 19.5 Å². The summed E-state index contributed by atoms with van der Waals surface area (Å²) in [5.74, 6) is 1.44. The standard InChI is InChI=1S/C28H32N6O/c1-4-18(2)31-27(35)21-11-8-12-25-22(21)15-19(3)34(25)28-32-24-13-14-29-17-23(24)26(33-28)30-16-20-9-6-5-7-10-20/h5-12,15,18,29H,4,13-14,16-17H2,1-3H3,(H,31,35)(H,30,32,33). The molecule has 1 aliphatic rings. The molecule has 3 N–H and O–H groups in total. The molecule has 0 radical (unpaired) electrons. The first kappa shape index (κ1) is 23.1. The number of hydrogen-bond donors (Lipinski definition) is 3. The van der Waals surface area contributed by atoms with Crippen molar-refractivity contribution in [1.29, 1.82) is 0 Å². The Morgan fingerprint density at radius 1 is 1.14 bits per heavy atom. The van der Waals surface area contributed by atoms with Crippen LogP contribution in [0.4, 0.5) is 5.82 Å². The van der Waals surface area contributed by atoms with Gasteiger partial charge < -0.3 is 16.0 Å². The van der Waals surface area contributed by atoms with E-state index in [2.05, 4.69) is 45.6 Å². The highest BCUT2D eigenvalue weighted by Gasteiger charge is 2.21. The maximum absolute atomic E-state index is 13.0. The van der Waals surface area contributed by atoms with E-state index in [9.17, 15) is 4.79 Å². The number of carbonyl (C=O) groups is 1. The Morgan fingerprint density at radius 2 is 1.97 bits per heavy atom. The molecular weight excluding hydrogens is 436 g/mol. The minimum absolute atomic E-state index is 0.0512. The van der Waals surface area contributed by atoms with Crippen molar-refractivity contribution in [1.82, 2.24) is 25.2 Å². The first-order chi connectivity index (χ1) is 17.0. The summed E-state index contributed by atoms with van der Waals surface area (Å²) in [5, 5.41) is 11.0. The Hall–Kier alpha value is -3.71. The molecule has 0 bridgehead atoms. The van der Waals surface area contributed by atoms with Gasteiger partial charge in [0.2, 0.25) is 5.95 Å². The molecule has 5 rings (SSSR count). The molecule has 35 heavy (non-hydrogen) atoms. The quantitative estimate of drug-likeness (QED) is 0.372. The van der Waals surface area contributed by atoms with Crippen LogP contribution in [0, 0.1) is 6.92 Å². The van der Waals surface area contributed by atoms with Gasteiger partial charge in [-0.25, -0.2) is 4.98 Å². The third-order valence-electron chi connectivity index (χ3n) is 6.69. The van der Waals surface area contributed by atoms with Crippen LogP contribution >= 0.6 is 0 Å². The molecular formula is C28H32N6O. The van der Waals surface area contributed by atoms with Gasteiger partial charge in [0, 0.05) is 54.3 Å². The predicted molar refractivity (Wildman–Crippen MR) is 140 cm³/mol. The number of aryl methyl sites for hydroxylation is 1. The van der Waals surface area contributed by atoms with Crippen molar-refractivity contribution >= 4 is 22.6 Å². The molecule has 3 heterocycles. The monoisotopic (exact) mass is 468 g/mol. The molecule has 7 nitrogen and oxygen atoms in total. The highest BCUT2D eigenvalue weighted by molar-refractivity contribution is 6.07. The number of benzene rings is 2. The maximum Gasteiger partial charge on any atom is 0.252 e. The van der Waals surface area contributed by atoms with Crippen LogP contribution in [-0.4, -0.2) is 33.0 Å². The summed E-state index contributed by atoms with van der Waals surface area (Å²) in [5.41, 5.74) is 5.99. The molecule has 0 spiro atoms. The summed E-state index contributed by atoms with van der Waals surface area (Å²) in [4.78, 5) is 23.0. The number of amides is 1. The molecule has 180 valence electrons. The Kier molecular flexibility index (Phi) is 6.51. The molecule has 0 saturated carbocycles.